The zero-order valence-electron chi connectivity index (χ0n) is 26.7. The Bertz CT molecular complexity index is 2960. The fraction of sp³-hybridized carbons (Fsp3) is 0. The van der Waals surface area contributed by atoms with E-state index < -0.39 is 0 Å². The Kier molecular flexibility index (Phi) is 6.56. The molecule has 0 aliphatic carbocycles. The van der Waals surface area contributed by atoms with Crippen molar-refractivity contribution in [2.75, 3.05) is 0 Å². The maximum Gasteiger partial charge on any atom is 0.188 e. The highest BCUT2D eigenvalue weighted by molar-refractivity contribution is 6.12. The smallest absolute Gasteiger partial charge is 0.188 e. The van der Waals surface area contributed by atoms with Gasteiger partial charge in [-0.15, -0.1) is 0 Å². The van der Waals surface area contributed by atoms with Crippen molar-refractivity contribution in [3.05, 3.63) is 174 Å². The molecule has 0 aliphatic heterocycles. The minimum Gasteiger partial charge on any atom is -0.309 e. The van der Waals surface area contributed by atoms with Gasteiger partial charge in [-0.3, -0.25) is 0 Å². The monoisotopic (exact) mass is 635 g/mol. The molecule has 5 heteroatoms. The zero-order chi connectivity index (χ0) is 33.8. The molecular formula is C45H25N5. The maximum atomic E-state index is 10.6. The highest BCUT2D eigenvalue weighted by Crippen LogP contribution is 2.41. The van der Waals surface area contributed by atoms with Gasteiger partial charge in [0.1, 0.15) is 6.07 Å². The third-order valence-electron chi connectivity index (χ3n) is 9.56. The van der Waals surface area contributed by atoms with E-state index in [-0.39, 0.29) is 0 Å². The normalized spacial score (nSPS) is 11.1. The van der Waals surface area contributed by atoms with Gasteiger partial charge in [0, 0.05) is 27.4 Å². The quantitative estimate of drug-likeness (QED) is 0.181. The van der Waals surface area contributed by atoms with Gasteiger partial charge in [-0.25, -0.2) is 4.85 Å². The van der Waals surface area contributed by atoms with Gasteiger partial charge in [0.05, 0.1) is 51.5 Å². The molecule has 0 N–H and O–H groups in total. The molecule has 0 aliphatic rings. The number of hydrogen-bond acceptors (Lipinski definition) is 2. The SMILES string of the molecule is [C-]#[N+]c1ccc2c(c1)c1ccccc1n2-c1cc(-c2ccccc2)cc(-c2cccc(C#N)c2-n2c3ccccc3c3cc(C#N)ccc32)c1. The molecule has 0 atom stereocenters. The number of fused-ring (bicyclic) bond motifs is 6. The van der Waals surface area contributed by atoms with Gasteiger partial charge in [-0.1, -0.05) is 84.9 Å². The van der Waals surface area contributed by atoms with E-state index in [1.807, 2.05) is 91.0 Å². The first-order valence-electron chi connectivity index (χ1n) is 16.3. The second kappa shape index (κ2) is 11.4. The fourth-order valence-corrected chi connectivity index (χ4v) is 7.39. The Labute approximate surface area is 288 Å². The van der Waals surface area contributed by atoms with Gasteiger partial charge in [0.2, 0.25) is 0 Å². The Morgan fingerprint density at radius 2 is 1.12 bits per heavy atom. The lowest BCUT2D eigenvalue weighted by atomic mass is 9.95. The summed E-state index contributed by atoms with van der Waals surface area (Å²) in [7, 11) is 0. The zero-order valence-corrected chi connectivity index (χ0v) is 26.7. The molecule has 7 aromatic carbocycles. The molecule has 0 spiro atoms. The molecule has 0 unspecified atom stereocenters. The van der Waals surface area contributed by atoms with Crippen molar-refractivity contribution in [3.8, 4) is 45.8 Å². The van der Waals surface area contributed by atoms with Gasteiger partial charge >= 0.3 is 0 Å². The van der Waals surface area contributed by atoms with Gasteiger partial charge in [0.25, 0.3) is 0 Å². The lowest BCUT2D eigenvalue weighted by molar-refractivity contribution is 1.16. The molecule has 0 saturated carbocycles. The van der Waals surface area contributed by atoms with Gasteiger partial charge in [0.15, 0.2) is 5.69 Å². The van der Waals surface area contributed by atoms with Crippen molar-refractivity contribution in [3.63, 3.8) is 0 Å². The molecule has 50 heavy (non-hydrogen) atoms. The largest absolute Gasteiger partial charge is 0.309 e. The summed E-state index contributed by atoms with van der Waals surface area (Å²) in [5.41, 5.74) is 11.4. The molecule has 0 fully saturated rings. The van der Waals surface area contributed by atoms with Crippen LogP contribution in [0.5, 0.6) is 0 Å². The van der Waals surface area contributed by atoms with Crippen LogP contribution in [0.15, 0.2) is 152 Å². The third-order valence-corrected chi connectivity index (χ3v) is 9.56. The summed E-state index contributed by atoms with van der Waals surface area (Å²) in [5, 5.41) is 24.4. The lowest BCUT2D eigenvalue weighted by Gasteiger charge is -2.18. The highest BCUT2D eigenvalue weighted by Gasteiger charge is 2.21. The van der Waals surface area contributed by atoms with Crippen LogP contribution in [-0.4, -0.2) is 9.13 Å². The number of hydrogen-bond donors (Lipinski definition) is 0. The van der Waals surface area contributed by atoms with E-state index in [1.54, 1.807) is 0 Å². The Morgan fingerprint density at radius 1 is 0.480 bits per heavy atom. The van der Waals surface area contributed by atoms with Crippen LogP contribution in [0.3, 0.4) is 0 Å². The first kappa shape index (κ1) is 28.8. The van der Waals surface area contributed by atoms with Crippen LogP contribution in [0.4, 0.5) is 5.69 Å². The molecule has 9 aromatic rings. The number of rotatable bonds is 4. The topological polar surface area (TPSA) is 61.8 Å². The molecular weight excluding hydrogens is 611 g/mol. The average molecular weight is 636 g/mol. The molecule has 2 aromatic heterocycles. The summed E-state index contributed by atoms with van der Waals surface area (Å²) in [6, 6.07) is 55.7. The maximum absolute atomic E-state index is 10.6. The van der Waals surface area contributed by atoms with E-state index in [0.29, 0.717) is 16.8 Å². The van der Waals surface area contributed by atoms with Crippen LogP contribution in [0.2, 0.25) is 0 Å². The molecule has 0 amide bonds. The van der Waals surface area contributed by atoms with E-state index >= 15 is 0 Å². The predicted molar refractivity (Wildman–Crippen MR) is 202 cm³/mol. The van der Waals surface area contributed by atoms with E-state index in [9.17, 15) is 10.5 Å². The van der Waals surface area contributed by atoms with Crippen LogP contribution in [0, 0.1) is 29.2 Å². The van der Waals surface area contributed by atoms with Crippen molar-refractivity contribution in [2.24, 2.45) is 0 Å². The lowest BCUT2D eigenvalue weighted by Crippen LogP contribution is -2.02. The molecule has 5 nitrogen and oxygen atoms in total. The molecule has 0 saturated heterocycles. The van der Waals surface area contributed by atoms with E-state index in [1.165, 1.54) is 0 Å². The minimum atomic E-state index is 0.546. The Morgan fingerprint density at radius 3 is 1.86 bits per heavy atom. The molecule has 9 rings (SSSR count). The van der Waals surface area contributed by atoms with Crippen LogP contribution < -0.4 is 0 Å². The fourth-order valence-electron chi connectivity index (χ4n) is 7.39. The first-order chi connectivity index (χ1) is 24.7. The van der Waals surface area contributed by atoms with Crippen molar-refractivity contribution in [2.45, 2.75) is 0 Å². The Balaban J connectivity index is 1.39. The predicted octanol–water partition coefficient (Wildman–Crippen LogP) is 11.5. The summed E-state index contributed by atoms with van der Waals surface area (Å²) in [4.78, 5) is 3.72. The summed E-state index contributed by atoms with van der Waals surface area (Å²) in [6.45, 7) is 7.66. The third kappa shape index (κ3) is 4.38. The van der Waals surface area contributed by atoms with Crippen LogP contribution in [0.1, 0.15) is 11.1 Å². The number of aromatic nitrogens is 2. The number of para-hydroxylation sites is 3. The molecule has 0 bridgehead atoms. The average Bonchev–Trinajstić information content (AvgIpc) is 3.69. The minimum absolute atomic E-state index is 0.546. The number of benzene rings is 7. The Hall–Kier alpha value is -7.39. The van der Waals surface area contributed by atoms with Crippen molar-refractivity contribution >= 4 is 49.3 Å². The standard InChI is InChI=1S/C45H25N5/c1-48-34-19-21-43-40(26-34)38-14-5-7-16-41(38)49(43)35-24-32(30-10-3-2-4-11-30)23-33(25-35)36-15-9-12-31(28-47)45(36)50-42-17-8-6-13-37(42)39-22-29(27-46)18-20-44(39)50/h2-26H. The summed E-state index contributed by atoms with van der Waals surface area (Å²) < 4.78 is 4.44. The van der Waals surface area contributed by atoms with Crippen molar-refractivity contribution in [1.82, 2.24) is 9.13 Å². The van der Waals surface area contributed by atoms with Gasteiger partial charge < -0.3 is 9.13 Å². The van der Waals surface area contributed by atoms with Crippen LogP contribution in [0.25, 0.3) is 82.1 Å². The van der Waals surface area contributed by atoms with Crippen molar-refractivity contribution < 1.29 is 0 Å². The first-order valence-corrected chi connectivity index (χ1v) is 16.3. The van der Waals surface area contributed by atoms with Gasteiger partial charge in [-0.05, 0) is 88.8 Å². The second-order valence-electron chi connectivity index (χ2n) is 12.3. The summed E-state index contributed by atoms with van der Waals surface area (Å²) >= 11 is 0. The van der Waals surface area contributed by atoms with Crippen LogP contribution in [-0.2, 0) is 0 Å². The number of nitrogens with zero attached hydrogens (tertiary/aromatic N) is 5. The van der Waals surface area contributed by atoms with Crippen molar-refractivity contribution in [1.29, 1.82) is 10.5 Å². The van der Waals surface area contributed by atoms with E-state index in [2.05, 4.69) is 86.8 Å². The van der Waals surface area contributed by atoms with Gasteiger partial charge in [-0.2, -0.15) is 10.5 Å². The second-order valence-corrected chi connectivity index (χ2v) is 12.3. The highest BCUT2D eigenvalue weighted by atomic mass is 15.0. The molecule has 230 valence electrons. The van der Waals surface area contributed by atoms with E-state index in [4.69, 9.17) is 6.57 Å². The molecule has 2 heterocycles. The van der Waals surface area contributed by atoms with Crippen LogP contribution >= 0.6 is 0 Å². The summed E-state index contributed by atoms with van der Waals surface area (Å²) in [5.74, 6) is 0. The van der Waals surface area contributed by atoms with E-state index in [0.717, 1.165) is 77.2 Å². The summed E-state index contributed by atoms with van der Waals surface area (Å²) in [6.07, 6.45) is 0. The number of nitriles is 2. The molecule has 0 radical (unpaired) electrons.